The van der Waals surface area contributed by atoms with Crippen LogP contribution >= 0.6 is 0 Å². The predicted molar refractivity (Wildman–Crippen MR) is 89.0 cm³/mol. The molecule has 5 heteroatoms. The molecule has 23 heavy (non-hydrogen) atoms. The summed E-state index contributed by atoms with van der Waals surface area (Å²) in [5, 5.41) is 11.9. The third-order valence-corrected chi connectivity index (χ3v) is 3.42. The van der Waals surface area contributed by atoms with Crippen molar-refractivity contribution >= 4 is 11.9 Å². The Kier molecular flexibility index (Phi) is 8.50. The molecular formula is C18H25NO4. The second-order valence-corrected chi connectivity index (χ2v) is 5.35. The highest BCUT2D eigenvalue weighted by Gasteiger charge is 2.21. The lowest BCUT2D eigenvalue weighted by atomic mass is 10.1. The third kappa shape index (κ3) is 7.49. The maximum absolute atomic E-state index is 11.9. The lowest BCUT2D eigenvalue weighted by Gasteiger charge is -2.15. The Hall–Kier alpha value is -2.30. The predicted octanol–water partition coefficient (Wildman–Crippen LogP) is 2.73. The van der Waals surface area contributed by atoms with E-state index >= 15 is 0 Å². The first-order valence-electron chi connectivity index (χ1n) is 7.89. The van der Waals surface area contributed by atoms with E-state index in [9.17, 15) is 14.7 Å². The number of rotatable bonds is 9. The zero-order valence-electron chi connectivity index (χ0n) is 13.7. The fourth-order valence-corrected chi connectivity index (χ4v) is 2.13. The molecule has 0 heterocycles. The summed E-state index contributed by atoms with van der Waals surface area (Å²) in [5.74, 6) is -0.649. The van der Waals surface area contributed by atoms with E-state index < -0.39 is 12.0 Å². The topological polar surface area (TPSA) is 75.6 Å². The highest BCUT2D eigenvalue weighted by atomic mass is 16.5. The van der Waals surface area contributed by atoms with Gasteiger partial charge in [0.2, 0.25) is 5.91 Å². The Labute approximate surface area is 137 Å². The van der Waals surface area contributed by atoms with Gasteiger partial charge in [-0.05, 0) is 36.6 Å². The van der Waals surface area contributed by atoms with Crippen LogP contribution in [0, 0.1) is 0 Å². The molecule has 0 bridgehead atoms. The summed E-state index contributed by atoms with van der Waals surface area (Å²) in [4.78, 5) is 23.7. The monoisotopic (exact) mass is 319 g/mol. The average Bonchev–Trinajstić information content (AvgIpc) is 2.55. The van der Waals surface area contributed by atoms with E-state index in [1.807, 2.05) is 6.08 Å². The molecule has 0 aliphatic heterocycles. The van der Waals surface area contributed by atoms with Gasteiger partial charge in [-0.2, -0.15) is 0 Å². The molecule has 0 saturated carbocycles. The van der Waals surface area contributed by atoms with Crippen molar-refractivity contribution in [2.75, 3.05) is 7.11 Å². The molecule has 0 radical (unpaired) electrons. The summed E-state index contributed by atoms with van der Waals surface area (Å²) in [6, 6.07) is 5.74. The van der Waals surface area contributed by atoms with Crippen LogP contribution in [-0.4, -0.2) is 30.1 Å². The van der Waals surface area contributed by atoms with Crippen molar-refractivity contribution in [3.05, 3.63) is 42.0 Å². The van der Waals surface area contributed by atoms with Crippen molar-refractivity contribution in [1.29, 1.82) is 0 Å². The van der Waals surface area contributed by atoms with E-state index in [4.69, 9.17) is 4.74 Å². The number of allylic oxidation sites excluding steroid dienone is 1. The van der Waals surface area contributed by atoms with Crippen molar-refractivity contribution in [1.82, 2.24) is 5.32 Å². The van der Waals surface area contributed by atoms with Gasteiger partial charge in [0.1, 0.15) is 11.8 Å². The lowest BCUT2D eigenvalue weighted by molar-refractivity contribution is -0.144. The number of benzene rings is 1. The fourth-order valence-electron chi connectivity index (χ4n) is 2.13. The minimum atomic E-state index is -0.752. The van der Waals surface area contributed by atoms with Gasteiger partial charge in [-0.1, -0.05) is 38.0 Å². The number of phenolic OH excluding ortho intramolecular Hbond substituents is 1. The largest absolute Gasteiger partial charge is 0.508 e. The molecule has 1 rings (SSSR count). The van der Waals surface area contributed by atoms with E-state index in [0.717, 1.165) is 31.2 Å². The van der Waals surface area contributed by atoms with Gasteiger partial charge in [-0.3, -0.25) is 4.79 Å². The number of phenols is 1. The summed E-state index contributed by atoms with van der Waals surface area (Å²) in [6.07, 6.45) is 7.76. The van der Waals surface area contributed by atoms with Gasteiger partial charge in [0, 0.05) is 6.42 Å². The maximum atomic E-state index is 11.9. The normalized spacial score (nSPS) is 12.1. The minimum absolute atomic E-state index is 0.155. The van der Waals surface area contributed by atoms with Gasteiger partial charge in [0.15, 0.2) is 0 Å². The number of aromatic hydroxyl groups is 1. The Morgan fingerprint density at radius 3 is 2.57 bits per heavy atom. The van der Waals surface area contributed by atoms with Crippen LogP contribution in [0.4, 0.5) is 0 Å². The number of hydrogen-bond acceptors (Lipinski definition) is 4. The van der Waals surface area contributed by atoms with Crippen LogP contribution in [0.5, 0.6) is 5.75 Å². The van der Waals surface area contributed by atoms with Crippen molar-refractivity contribution < 1.29 is 19.4 Å². The quantitative estimate of drug-likeness (QED) is 0.417. The number of carbonyl (C=O) groups excluding carboxylic acids is 2. The molecule has 0 saturated heterocycles. The standard InChI is InChI=1S/C18H25NO4/c1-3-4-5-6-7-8-17(21)19-16(18(22)23-2)13-14-9-11-15(20)12-10-14/h7-12,16,20H,3-6,13H2,1-2H3,(H,19,21)/b8-7+/t16-/m0/s1. The molecule has 0 unspecified atom stereocenters. The molecule has 126 valence electrons. The summed E-state index contributed by atoms with van der Waals surface area (Å²) in [7, 11) is 1.29. The van der Waals surface area contributed by atoms with Crippen molar-refractivity contribution in [2.24, 2.45) is 0 Å². The van der Waals surface area contributed by atoms with E-state index in [0.29, 0.717) is 6.42 Å². The van der Waals surface area contributed by atoms with Gasteiger partial charge in [-0.25, -0.2) is 4.79 Å². The summed E-state index contributed by atoms with van der Waals surface area (Å²) < 4.78 is 4.74. The minimum Gasteiger partial charge on any atom is -0.508 e. The molecule has 2 N–H and O–H groups in total. The van der Waals surface area contributed by atoms with Gasteiger partial charge < -0.3 is 15.2 Å². The van der Waals surface area contributed by atoms with E-state index in [-0.39, 0.29) is 11.7 Å². The maximum Gasteiger partial charge on any atom is 0.328 e. The number of amides is 1. The third-order valence-electron chi connectivity index (χ3n) is 3.42. The molecule has 0 aliphatic carbocycles. The molecule has 1 aromatic rings. The van der Waals surface area contributed by atoms with Gasteiger partial charge >= 0.3 is 5.97 Å². The van der Waals surface area contributed by atoms with Crippen LogP contribution in [0.15, 0.2) is 36.4 Å². The van der Waals surface area contributed by atoms with Gasteiger partial charge in [0.25, 0.3) is 0 Å². The van der Waals surface area contributed by atoms with Crippen molar-refractivity contribution in [2.45, 2.75) is 45.1 Å². The van der Waals surface area contributed by atoms with Gasteiger partial charge in [-0.15, -0.1) is 0 Å². The first-order chi connectivity index (χ1) is 11.1. The number of ether oxygens (including phenoxy) is 1. The molecule has 1 aromatic carbocycles. The number of hydrogen-bond donors (Lipinski definition) is 2. The van der Waals surface area contributed by atoms with E-state index in [1.54, 1.807) is 24.3 Å². The molecule has 5 nitrogen and oxygen atoms in total. The Balaban J connectivity index is 2.58. The smallest absolute Gasteiger partial charge is 0.328 e. The Bertz CT molecular complexity index is 522. The molecule has 0 aliphatic rings. The number of esters is 1. The summed E-state index contributed by atoms with van der Waals surface area (Å²) in [6.45, 7) is 2.13. The van der Waals surface area contributed by atoms with Crippen LogP contribution in [-0.2, 0) is 20.7 Å². The number of carbonyl (C=O) groups is 2. The Morgan fingerprint density at radius 2 is 1.96 bits per heavy atom. The van der Waals surface area contributed by atoms with Crippen LogP contribution < -0.4 is 5.32 Å². The zero-order chi connectivity index (χ0) is 17.1. The fraction of sp³-hybridized carbons (Fsp3) is 0.444. The van der Waals surface area contributed by atoms with E-state index in [1.165, 1.54) is 13.2 Å². The number of unbranched alkanes of at least 4 members (excludes halogenated alkanes) is 3. The average molecular weight is 319 g/mol. The zero-order valence-corrected chi connectivity index (χ0v) is 13.7. The highest BCUT2D eigenvalue weighted by Crippen LogP contribution is 2.12. The lowest BCUT2D eigenvalue weighted by Crippen LogP contribution is -2.42. The molecule has 0 spiro atoms. The second kappa shape index (κ2) is 10.4. The molecular weight excluding hydrogens is 294 g/mol. The van der Waals surface area contributed by atoms with Crippen molar-refractivity contribution in [3.8, 4) is 5.75 Å². The number of methoxy groups -OCH3 is 1. The van der Waals surface area contributed by atoms with Crippen molar-refractivity contribution in [3.63, 3.8) is 0 Å². The molecule has 0 fully saturated rings. The summed E-state index contributed by atoms with van der Waals surface area (Å²) in [5.41, 5.74) is 0.824. The highest BCUT2D eigenvalue weighted by molar-refractivity contribution is 5.91. The molecule has 0 aromatic heterocycles. The van der Waals surface area contributed by atoms with Crippen LogP contribution in [0.3, 0.4) is 0 Å². The first kappa shape index (κ1) is 18.7. The molecule has 1 amide bonds. The van der Waals surface area contributed by atoms with E-state index in [2.05, 4.69) is 12.2 Å². The SMILES string of the molecule is CCCCC/C=C/C(=O)N[C@@H](Cc1ccc(O)cc1)C(=O)OC. The van der Waals surface area contributed by atoms with Crippen LogP contribution in [0.2, 0.25) is 0 Å². The van der Waals surface area contributed by atoms with Crippen LogP contribution in [0.1, 0.15) is 38.2 Å². The molecule has 1 atom stereocenters. The Morgan fingerprint density at radius 1 is 1.26 bits per heavy atom. The summed E-state index contributed by atoms with van der Waals surface area (Å²) >= 11 is 0. The van der Waals surface area contributed by atoms with Gasteiger partial charge in [0.05, 0.1) is 7.11 Å². The van der Waals surface area contributed by atoms with Crippen LogP contribution in [0.25, 0.3) is 0 Å². The first-order valence-corrected chi connectivity index (χ1v) is 7.89. The second-order valence-electron chi connectivity index (χ2n) is 5.35. The number of nitrogens with one attached hydrogen (secondary N) is 1.